The number of pyridine rings is 1. The Kier molecular flexibility index (Phi) is 6.05. The summed E-state index contributed by atoms with van der Waals surface area (Å²) in [6.45, 7) is 3.55. The quantitative estimate of drug-likeness (QED) is 0.608. The monoisotopic (exact) mass is 402 g/mol. The molecule has 6 nitrogen and oxygen atoms in total. The van der Waals surface area contributed by atoms with Gasteiger partial charge in [-0.3, -0.25) is 9.59 Å². The number of nitrogens with one attached hydrogen (secondary N) is 3. The predicted octanol–water partition coefficient (Wildman–Crippen LogP) is 3.67. The van der Waals surface area contributed by atoms with Crippen molar-refractivity contribution in [2.75, 3.05) is 18.4 Å². The van der Waals surface area contributed by atoms with Crippen LogP contribution in [0.5, 0.6) is 0 Å². The van der Waals surface area contributed by atoms with Crippen LogP contribution < -0.4 is 16.0 Å². The number of aryl methyl sites for hydroxylation is 1. The number of amides is 2. The van der Waals surface area contributed by atoms with Gasteiger partial charge in [-0.25, -0.2) is 4.98 Å². The number of piperidine rings is 1. The van der Waals surface area contributed by atoms with Crippen LogP contribution in [0.1, 0.15) is 45.7 Å². The van der Waals surface area contributed by atoms with Crippen LogP contribution in [0.2, 0.25) is 0 Å². The van der Waals surface area contributed by atoms with Gasteiger partial charge in [0.2, 0.25) is 0 Å². The summed E-state index contributed by atoms with van der Waals surface area (Å²) in [6.07, 6.45) is 4.95. The second-order valence-electron chi connectivity index (χ2n) is 7.69. The first-order valence-corrected chi connectivity index (χ1v) is 10.4. The molecule has 2 amide bonds. The summed E-state index contributed by atoms with van der Waals surface area (Å²) in [4.78, 5) is 30.0. The maximum atomic E-state index is 13.0. The van der Waals surface area contributed by atoms with E-state index in [0.717, 1.165) is 29.3 Å². The van der Waals surface area contributed by atoms with Gasteiger partial charge in [0.15, 0.2) is 5.69 Å². The Morgan fingerprint density at radius 1 is 1.03 bits per heavy atom. The summed E-state index contributed by atoms with van der Waals surface area (Å²) < 4.78 is 0. The molecule has 2 heterocycles. The van der Waals surface area contributed by atoms with E-state index in [1.165, 1.54) is 12.8 Å². The minimum atomic E-state index is -0.285. The van der Waals surface area contributed by atoms with E-state index in [2.05, 4.69) is 20.9 Å². The van der Waals surface area contributed by atoms with Crippen LogP contribution in [0.25, 0.3) is 10.8 Å². The second-order valence-corrected chi connectivity index (χ2v) is 7.69. The van der Waals surface area contributed by atoms with Gasteiger partial charge in [0.25, 0.3) is 11.8 Å². The fraction of sp³-hybridized carbons (Fsp3) is 0.292. The van der Waals surface area contributed by atoms with Crippen molar-refractivity contribution in [3.63, 3.8) is 0 Å². The SMILES string of the molecule is Cc1ccc(C(=O)Nc2cccnc2C(=O)NC[C@H]2CCCCN2)c2ccccc12. The lowest BCUT2D eigenvalue weighted by atomic mass is 10.00. The molecule has 30 heavy (non-hydrogen) atoms. The van der Waals surface area contributed by atoms with Crippen molar-refractivity contribution in [2.24, 2.45) is 0 Å². The number of anilines is 1. The maximum Gasteiger partial charge on any atom is 0.272 e. The topological polar surface area (TPSA) is 83.1 Å². The van der Waals surface area contributed by atoms with Crippen LogP contribution in [-0.2, 0) is 0 Å². The van der Waals surface area contributed by atoms with Crippen molar-refractivity contribution >= 4 is 28.3 Å². The Labute approximate surface area is 176 Å². The number of benzene rings is 2. The molecule has 0 unspecified atom stereocenters. The summed E-state index contributed by atoms with van der Waals surface area (Å²) in [5, 5.41) is 11.2. The Morgan fingerprint density at radius 3 is 2.67 bits per heavy atom. The standard InChI is InChI=1S/C24H26N4O2/c1-16-11-12-20(19-9-3-2-8-18(16)19)23(29)28-21-10-6-14-26-22(21)24(30)27-15-17-7-4-5-13-25-17/h2-3,6,8-12,14,17,25H,4-5,7,13,15H2,1H3,(H,27,30)(H,28,29)/t17-/m1/s1. The highest BCUT2D eigenvalue weighted by Gasteiger charge is 2.19. The number of nitrogens with zero attached hydrogens (tertiary/aromatic N) is 1. The molecule has 4 rings (SSSR count). The van der Waals surface area contributed by atoms with Crippen LogP contribution in [0.4, 0.5) is 5.69 Å². The predicted molar refractivity (Wildman–Crippen MR) is 119 cm³/mol. The fourth-order valence-electron chi connectivity index (χ4n) is 3.92. The van der Waals surface area contributed by atoms with E-state index in [4.69, 9.17) is 0 Å². The molecule has 0 radical (unpaired) electrons. The number of rotatable bonds is 5. The van der Waals surface area contributed by atoms with Gasteiger partial charge in [0, 0.05) is 24.3 Å². The molecule has 1 aliphatic rings. The molecule has 154 valence electrons. The van der Waals surface area contributed by atoms with Crippen molar-refractivity contribution in [3.05, 3.63) is 71.5 Å². The molecule has 6 heteroatoms. The second kappa shape index (κ2) is 9.05. The van der Waals surface area contributed by atoms with Crippen LogP contribution >= 0.6 is 0 Å². The number of carbonyl (C=O) groups is 2. The number of carbonyl (C=O) groups excluding carboxylic acids is 2. The Bertz CT molecular complexity index is 1070. The molecule has 1 fully saturated rings. The van der Waals surface area contributed by atoms with Gasteiger partial charge in [-0.15, -0.1) is 0 Å². The van der Waals surface area contributed by atoms with E-state index in [9.17, 15) is 9.59 Å². The summed E-state index contributed by atoms with van der Waals surface area (Å²) in [6, 6.07) is 15.3. The zero-order chi connectivity index (χ0) is 20.9. The van der Waals surface area contributed by atoms with E-state index in [-0.39, 0.29) is 23.6 Å². The lowest BCUT2D eigenvalue weighted by molar-refractivity contribution is 0.0943. The lowest BCUT2D eigenvalue weighted by Crippen LogP contribution is -2.43. The van der Waals surface area contributed by atoms with Gasteiger partial charge < -0.3 is 16.0 Å². The summed E-state index contributed by atoms with van der Waals surface area (Å²) >= 11 is 0. The summed E-state index contributed by atoms with van der Waals surface area (Å²) in [5.74, 6) is -0.547. The minimum absolute atomic E-state index is 0.220. The zero-order valence-corrected chi connectivity index (χ0v) is 17.1. The molecule has 1 aliphatic heterocycles. The molecule has 1 saturated heterocycles. The average molecular weight is 402 g/mol. The van der Waals surface area contributed by atoms with Crippen LogP contribution in [0, 0.1) is 6.92 Å². The molecule has 3 aromatic rings. The lowest BCUT2D eigenvalue weighted by Gasteiger charge is -2.23. The smallest absolute Gasteiger partial charge is 0.272 e. The van der Waals surface area contributed by atoms with Crippen LogP contribution in [0.3, 0.4) is 0 Å². The highest BCUT2D eigenvalue weighted by Crippen LogP contribution is 2.24. The van der Waals surface area contributed by atoms with Crippen LogP contribution in [0.15, 0.2) is 54.7 Å². The van der Waals surface area contributed by atoms with Crippen molar-refractivity contribution in [3.8, 4) is 0 Å². The molecular formula is C24H26N4O2. The number of fused-ring (bicyclic) bond motifs is 1. The first-order chi connectivity index (χ1) is 14.6. The van der Waals surface area contributed by atoms with Crippen molar-refractivity contribution in [1.29, 1.82) is 0 Å². The van der Waals surface area contributed by atoms with E-state index in [0.29, 0.717) is 17.8 Å². The van der Waals surface area contributed by atoms with Crippen molar-refractivity contribution < 1.29 is 9.59 Å². The van der Waals surface area contributed by atoms with Gasteiger partial charge in [0.1, 0.15) is 0 Å². The highest BCUT2D eigenvalue weighted by atomic mass is 16.2. The molecule has 0 spiro atoms. The molecule has 2 aromatic carbocycles. The van der Waals surface area contributed by atoms with E-state index in [1.807, 2.05) is 43.3 Å². The normalized spacial score (nSPS) is 16.2. The van der Waals surface area contributed by atoms with E-state index in [1.54, 1.807) is 18.3 Å². The third-order valence-corrected chi connectivity index (χ3v) is 5.58. The molecule has 0 aliphatic carbocycles. The van der Waals surface area contributed by atoms with E-state index >= 15 is 0 Å². The van der Waals surface area contributed by atoms with Gasteiger partial charge in [-0.1, -0.05) is 36.8 Å². The number of hydrogen-bond acceptors (Lipinski definition) is 4. The molecule has 0 saturated carbocycles. The zero-order valence-electron chi connectivity index (χ0n) is 17.1. The molecule has 3 N–H and O–H groups in total. The largest absolute Gasteiger partial charge is 0.349 e. The van der Waals surface area contributed by atoms with Crippen molar-refractivity contribution in [1.82, 2.24) is 15.6 Å². The van der Waals surface area contributed by atoms with E-state index < -0.39 is 0 Å². The summed E-state index contributed by atoms with van der Waals surface area (Å²) in [5.41, 5.74) is 2.30. The summed E-state index contributed by atoms with van der Waals surface area (Å²) in [7, 11) is 0. The van der Waals surface area contributed by atoms with Crippen molar-refractivity contribution in [2.45, 2.75) is 32.2 Å². The Hall–Kier alpha value is -3.25. The van der Waals surface area contributed by atoms with Gasteiger partial charge >= 0.3 is 0 Å². The first kappa shape index (κ1) is 20.0. The molecular weight excluding hydrogens is 376 g/mol. The maximum absolute atomic E-state index is 13.0. The van der Waals surface area contributed by atoms with Gasteiger partial charge in [-0.2, -0.15) is 0 Å². The third-order valence-electron chi connectivity index (χ3n) is 5.58. The van der Waals surface area contributed by atoms with Crippen LogP contribution in [-0.4, -0.2) is 35.9 Å². The van der Waals surface area contributed by atoms with Gasteiger partial charge in [-0.05, 0) is 60.8 Å². The Balaban J connectivity index is 1.52. The fourth-order valence-corrected chi connectivity index (χ4v) is 3.92. The molecule has 0 bridgehead atoms. The third kappa shape index (κ3) is 4.33. The molecule has 1 atom stereocenters. The average Bonchev–Trinajstić information content (AvgIpc) is 2.79. The number of hydrogen-bond donors (Lipinski definition) is 3. The minimum Gasteiger partial charge on any atom is -0.349 e. The first-order valence-electron chi connectivity index (χ1n) is 10.4. The number of aromatic nitrogens is 1. The Morgan fingerprint density at radius 2 is 1.87 bits per heavy atom. The highest BCUT2D eigenvalue weighted by molar-refractivity contribution is 6.14. The molecule has 1 aromatic heterocycles. The van der Waals surface area contributed by atoms with Gasteiger partial charge in [0.05, 0.1) is 5.69 Å².